The van der Waals surface area contributed by atoms with Crippen molar-refractivity contribution in [2.24, 2.45) is 0 Å². The van der Waals surface area contributed by atoms with Crippen molar-refractivity contribution in [2.75, 3.05) is 14.2 Å². The first-order valence-electron chi connectivity index (χ1n) is 6.36. The van der Waals surface area contributed by atoms with Gasteiger partial charge in [-0.05, 0) is 24.3 Å². The zero-order chi connectivity index (χ0) is 17.0. The molecule has 0 bridgehead atoms. The number of halogens is 3. The lowest BCUT2D eigenvalue weighted by Crippen LogP contribution is -2.17. The zero-order valence-corrected chi connectivity index (χ0v) is 12.3. The Morgan fingerprint density at radius 1 is 1.22 bits per heavy atom. The van der Waals surface area contributed by atoms with Gasteiger partial charge in [0.05, 0.1) is 19.4 Å². The van der Waals surface area contributed by atoms with Crippen LogP contribution in [0.15, 0.2) is 30.5 Å². The highest BCUT2D eigenvalue weighted by molar-refractivity contribution is 5.90. The van der Waals surface area contributed by atoms with Crippen LogP contribution in [0.5, 0.6) is 5.75 Å². The van der Waals surface area contributed by atoms with Gasteiger partial charge in [0.1, 0.15) is 17.0 Å². The van der Waals surface area contributed by atoms with E-state index in [4.69, 9.17) is 4.74 Å². The van der Waals surface area contributed by atoms with Crippen molar-refractivity contribution < 1.29 is 32.2 Å². The van der Waals surface area contributed by atoms with Crippen LogP contribution >= 0.6 is 0 Å². The maximum absolute atomic E-state index is 12.1. The monoisotopic (exact) mass is 330 g/mol. The fourth-order valence-corrected chi connectivity index (χ4v) is 1.87. The molecular formula is C14H13F3N2O4. The molecule has 0 aliphatic carbocycles. The van der Waals surface area contributed by atoms with Gasteiger partial charge < -0.3 is 14.2 Å². The standard InChI is InChI=1S/C14H13F3N2O4/c1-21-8-12-11(13(20)22-2)7-19(18-12)9-3-5-10(6-4-9)23-14(15,16)17/h3-7H,8H2,1-2H3. The fourth-order valence-electron chi connectivity index (χ4n) is 1.87. The van der Waals surface area contributed by atoms with E-state index in [9.17, 15) is 18.0 Å². The average molecular weight is 330 g/mol. The van der Waals surface area contributed by atoms with Crippen molar-refractivity contribution in [3.05, 3.63) is 41.7 Å². The smallest absolute Gasteiger partial charge is 0.465 e. The number of esters is 1. The number of rotatable bonds is 5. The Labute approximate surface area is 129 Å². The van der Waals surface area contributed by atoms with Crippen molar-refractivity contribution in [1.29, 1.82) is 0 Å². The highest BCUT2D eigenvalue weighted by Crippen LogP contribution is 2.24. The number of ether oxygens (including phenoxy) is 3. The molecule has 9 heteroatoms. The SMILES string of the molecule is COCc1nn(-c2ccc(OC(F)(F)F)cc2)cc1C(=O)OC. The molecule has 0 spiro atoms. The van der Waals surface area contributed by atoms with Gasteiger partial charge >= 0.3 is 12.3 Å². The molecule has 0 unspecified atom stereocenters. The molecular weight excluding hydrogens is 317 g/mol. The number of carbonyl (C=O) groups is 1. The van der Waals surface area contributed by atoms with Crippen molar-refractivity contribution in [3.8, 4) is 11.4 Å². The first-order valence-corrected chi connectivity index (χ1v) is 6.36. The van der Waals surface area contributed by atoms with Crippen molar-refractivity contribution in [2.45, 2.75) is 13.0 Å². The first-order chi connectivity index (χ1) is 10.8. The molecule has 0 N–H and O–H groups in total. The molecule has 0 aliphatic rings. The van der Waals surface area contributed by atoms with Gasteiger partial charge in [0, 0.05) is 13.3 Å². The van der Waals surface area contributed by atoms with E-state index in [0.717, 1.165) is 12.1 Å². The summed E-state index contributed by atoms with van der Waals surface area (Å²) in [5, 5.41) is 4.17. The van der Waals surface area contributed by atoms with E-state index in [1.54, 1.807) is 0 Å². The summed E-state index contributed by atoms with van der Waals surface area (Å²) in [4.78, 5) is 11.7. The number of hydrogen-bond donors (Lipinski definition) is 0. The third-order valence-electron chi connectivity index (χ3n) is 2.81. The topological polar surface area (TPSA) is 62.6 Å². The minimum atomic E-state index is -4.75. The van der Waals surface area contributed by atoms with E-state index in [0.29, 0.717) is 11.4 Å². The van der Waals surface area contributed by atoms with Crippen LogP contribution in [-0.2, 0) is 16.1 Å². The number of carbonyl (C=O) groups excluding carboxylic acids is 1. The van der Waals surface area contributed by atoms with Crippen LogP contribution in [0.2, 0.25) is 0 Å². The number of alkyl halides is 3. The lowest BCUT2D eigenvalue weighted by Gasteiger charge is -2.09. The van der Waals surface area contributed by atoms with E-state index in [2.05, 4.69) is 14.6 Å². The van der Waals surface area contributed by atoms with E-state index >= 15 is 0 Å². The van der Waals surface area contributed by atoms with Crippen LogP contribution in [0.3, 0.4) is 0 Å². The molecule has 2 aromatic rings. The van der Waals surface area contributed by atoms with Gasteiger partial charge in [-0.25, -0.2) is 9.48 Å². The minimum Gasteiger partial charge on any atom is -0.465 e. The molecule has 1 heterocycles. The molecule has 0 amide bonds. The molecule has 2 rings (SSSR count). The molecule has 23 heavy (non-hydrogen) atoms. The molecule has 0 saturated heterocycles. The van der Waals surface area contributed by atoms with E-state index in [1.165, 1.54) is 37.2 Å². The fraction of sp³-hybridized carbons (Fsp3) is 0.286. The largest absolute Gasteiger partial charge is 0.573 e. The van der Waals surface area contributed by atoms with E-state index < -0.39 is 12.3 Å². The molecule has 1 aromatic carbocycles. The second kappa shape index (κ2) is 6.69. The second-order valence-electron chi connectivity index (χ2n) is 4.40. The summed E-state index contributed by atoms with van der Waals surface area (Å²) >= 11 is 0. The van der Waals surface area contributed by atoms with Gasteiger partial charge in [-0.15, -0.1) is 13.2 Å². The van der Waals surface area contributed by atoms with Gasteiger partial charge in [0.25, 0.3) is 0 Å². The van der Waals surface area contributed by atoms with Crippen LogP contribution in [0.1, 0.15) is 16.1 Å². The number of hydrogen-bond acceptors (Lipinski definition) is 5. The Hall–Kier alpha value is -2.55. The summed E-state index contributed by atoms with van der Waals surface area (Å²) in [6.07, 6.45) is -3.34. The van der Waals surface area contributed by atoms with Crippen molar-refractivity contribution in [1.82, 2.24) is 9.78 Å². The lowest BCUT2D eigenvalue weighted by molar-refractivity contribution is -0.274. The van der Waals surface area contributed by atoms with Crippen molar-refractivity contribution in [3.63, 3.8) is 0 Å². The van der Waals surface area contributed by atoms with Gasteiger partial charge in [-0.3, -0.25) is 0 Å². The summed E-state index contributed by atoms with van der Waals surface area (Å²) in [6.45, 7) is 0.0900. The molecule has 124 valence electrons. The first kappa shape index (κ1) is 16.8. The number of aromatic nitrogens is 2. The molecule has 0 radical (unpaired) electrons. The normalized spacial score (nSPS) is 11.3. The molecule has 0 saturated carbocycles. The van der Waals surface area contributed by atoms with Crippen LogP contribution in [0, 0.1) is 0 Å². The van der Waals surface area contributed by atoms with Crippen LogP contribution in [-0.4, -0.2) is 36.3 Å². The van der Waals surface area contributed by atoms with Crippen LogP contribution in [0.25, 0.3) is 5.69 Å². The predicted molar refractivity (Wildman–Crippen MR) is 72.3 cm³/mol. The van der Waals surface area contributed by atoms with Gasteiger partial charge in [-0.1, -0.05) is 0 Å². The Balaban J connectivity index is 2.29. The Kier molecular flexibility index (Phi) is 4.89. The Morgan fingerprint density at radius 3 is 2.39 bits per heavy atom. The van der Waals surface area contributed by atoms with E-state index in [-0.39, 0.29) is 17.9 Å². The highest BCUT2D eigenvalue weighted by Gasteiger charge is 2.31. The molecule has 0 fully saturated rings. The molecule has 1 aromatic heterocycles. The predicted octanol–water partition coefficient (Wildman–Crippen LogP) is 2.70. The quantitative estimate of drug-likeness (QED) is 0.789. The Bertz CT molecular complexity index is 680. The van der Waals surface area contributed by atoms with Crippen LogP contribution in [0.4, 0.5) is 13.2 Å². The second-order valence-corrected chi connectivity index (χ2v) is 4.40. The highest BCUT2D eigenvalue weighted by atomic mass is 19.4. The Morgan fingerprint density at radius 2 is 1.87 bits per heavy atom. The summed E-state index contributed by atoms with van der Waals surface area (Å²) in [6, 6.07) is 5.06. The minimum absolute atomic E-state index is 0.0900. The summed E-state index contributed by atoms with van der Waals surface area (Å²) in [5.41, 5.74) is 1.02. The summed E-state index contributed by atoms with van der Waals surface area (Å²) in [7, 11) is 2.68. The van der Waals surface area contributed by atoms with E-state index in [1.807, 2.05) is 0 Å². The molecule has 0 atom stereocenters. The van der Waals surface area contributed by atoms with Crippen molar-refractivity contribution >= 4 is 5.97 Å². The third-order valence-corrected chi connectivity index (χ3v) is 2.81. The van der Waals surface area contributed by atoms with Crippen LogP contribution < -0.4 is 4.74 Å². The third kappa shape index (κ3) is 4.22. The zero-order valence-electron chi connectivity index (χ0n) is 12.3. The maximum atomic E-state index is 12.1. The lowest BCUT2D eigenvalue weighted by atomic mass is 10.2. The van der Waals surface area contributed by atoms with Gasteiger partial charge in [0.15, 0.2) is 0 Å². The number of methoxy groups -OCH3 is 2. The average Bonchev–Trinajstić information content (AvgIpc) is 2.90. The molecule has 0 aliphatic heterocycles. The maximum Gasteiger partial charge on any atom is 0.573 e. The summed E-state index contributed by atoms with van der Waals surface area (Å²) in [5.74, 6) is -0.931. The summed E-state index contributed by atoms with van der Waals surface area (Å²) < 4.78 is 51.1. The van der Waals surface area contributed by atoms with Gasteiger partial charge in [0.2, 0.25) is 0 Å². The number of nitrogens with zero attached hydrogens (tertiary/aromatic N) is 2. The molecule has 6 nitrogen and oxygen atoms in total. The number of benzene rings is 1. The van der Waals surface area contributed by atoms with Gasteiger partial charge in [-0.2, -0.15) is 5.10 Å².